The number of hydrogen-bond acceptors (Lipinski definition) is 5. The molecule has 0 bridgehead atoms. The van der Waals surface area contributed by atoms with E-state index in [0.29, 0.717) is 0 Å². The highest BCUT2D eigenvalue weighted by molar-refractivity contribution is 7.80. The molecule has 5 nitrogen and oxygen atoms in total. The van der Waals surface area contributed by atoms with Crippen LogP contribution in [0.25, 0.3) is 0 Å². The van der Waals surface area contributed by atoms with Crippen molar-refractivity contribution in [2.45, 2.75) is 0 Å². The number of hydrogen-bond donors (Lipinski definition) is 0. The van der Waals surface area contributed by atoms with Crippen molar-refractivity contribution in [2.75, 3.05) is 20.9 Å². The maximum Gasteiger partial charge on any atom is 0.217 e. The lowest BCUT2D eigenvalue weighted by Gasteiger charge is -2.04. The molecular formula is C7H13O5PS. The zero-order chi connectivity index (χ0) is 11.2. The van der Waals surface area contributed by atoms with Crippen LogP contribution in [-0.4, -0.2) is 33.9 Å². The summed E-state index contributed by atoms with van der Waals surface area (Å²) in [5.74, 6) is 4.26. The van der Waals surface area contributed by atoms with Crippen LogP contribution >= 0.6 is 7.49 Å². The molecule has 0 aromatic carbocycles. The Hall–Kier alpha value is -0.260. The van der Waals surface area contributed by atoms with Crippen molar-refractivity contribution in [3.05, 3.63) is 23.8 Å². The average molecular weight is 240 g/mol. The predicted octanol–water partition coefficient (Wildman–Crippen LogP) is 1.33. The molecule has 0 atom stereocenters. The quantitative estimate of drug-likeness (QED) is 0.413. The van der Waals surface area contributed by atoms with E-state index in [4.69, 9.17) is 4.52 Å². The molecule has 0 saturated heterocycles. The van der Waals surface area contributed by atoms with Crippen LogP contribution in [0.15, 0.2) is 23.8 Å². The molecule has 1 heterocycles. The minimum absolute atomic E-state index is 0.808. The molecule has 0 unspecified atom stereocenters. The fourth-order valence-electron chi connectivity index (χ4n) is 0.613. The van der Waals surface area contributed by atoms with Crippen LogP contribution in [0.1, 0.15) is 0 Å². The third kappa shape index (κ3) is 6.23. The minimum atomic E-state index is -4.41. The SMILES string of the molecule is COS(=O)(=O)[O-].CO[P+]1(C)C=CC=C1. The van der Waals surface area contributed by atoms with Gasteiger partial charge in [-0.05, 0) is 12.2 Å². The molecule has 1 aliphatic rings. The summed E-state index contributed by atoms with van der Waals surface area (Å²) in [6, 6.07) is 0. The van der Waals surface area contributed by atoms with Crippen LogP contribution in [0, 0.1) is 0 Å². The summed E-state index contributed by atoms with van der Waals surface area (Å²) >= 11 is 0. The van der Waals surface area contributed by atoms with Crippen LogP contribution in [0.5, 0.6) is 0 Å². The Kier molecular flexibility index (Phi) is 5.48. The summed E-state index contributed by atoms with van der Waals surface area (Å²) in [4.78, 5) is 0. The van der Waals surface area contributed by atoms with Gasteiger partial charge in [0.2, 0.25) is 10.4 Å². The lowest BCUT2D eigenvalue weighted by molar-refractivity contribution is 0.314. The van der Waals surface area contributed by atoms with Gasteiger partial charge in [0.05, 0.1) is 32.5 Å². The Morgan fingerprint density at radius 1 is 1.21 bits per heavy atom. The second-order valence-electron chi connectivity index (χ2n) is 2.50. The minimum Gasteiger partial charge on any atom is -0.726 e. The van der Waals surface area contributed by atoms with Crippen LogP contribution < -0.4 is 0 Å². The topological polar surface area (TPSA) is 75.7 Å². The maximum absolute atomic E-state index is 9.22. The summed E-state index contributed by atoms with van der Waals surface area (Å²) in [5.41, 5.74) is 0. The fourth-order valence-corrected chi connectivity index (χ4v) is 1.84. The van der Waals surface area contributed by atoms with Crippen molar-refractivity contribution in [2.24, 2.45) is 0 Å². The number of rotatable bonds is 2. The van der Waals surface area contributed by atoms with Gasteiger partial charge < -0.3 is 4.55 Å². The van der Waals surface area contributed by atoms with Crippen molar-refractivity contribution in [1.82, 2.24) is 0 Å². The monoisotopic (exact) mass is 240 g/mol. The molecule has 1 aliphatic heterocycles. The van der Waals surface area contributed by atoms with Gasteiger partial charge in [-0.3, -0.25) is 4.18 Å². The third-order valence-electron chi connectivity index (χ3n) is 1.47. The fraction of sp³-hybridized carbons (Fsp3) is 0.429. The Morgan fingerprint density at radius 2 is 1.57 bits per heavy atom. The van der Waals surface area contributed by atoms with Crippen LogP contribution in [-0.2, 0) is 19.1 Å². The number of allylic oxidation sites excluding steroid dienone is 2. The molecule has 0 aromatic rings. The second-order valence-corrected chi connectivity index (χ2v) is 6.73. The van der Waals surface area contributed by atoms with Gasteiger partial charge >= 0.3 is 0 Å². The van der Waals surface area contributed by atoms with E-state index in [9.17, 15) is 13.0 Å². The van der Waals surface area contributed by atoms with E-state index >= 15 is 0 Å². The van der Waals surface area contributed by atoms with Gasteiger partial charge in [-0.15, -0.1) is 0 Å². The van der Waals surface area contributed by atoms with Crippen LogP contribution in [0.3, 0.4) is 0 Å². The highest BCUT2D eigenvalue weighted by Gasteiger charge is 2.27. The van der Waals surface area contributed by atoms with E-state index in [1.165, 1.54) is 0 Å². The van der Waals surface area contributed by atoms with E-state index in [-0.39, 0.29) is 0 Å². The van der Waals surface area contributed by atoms with Crippen molar-refractivity contribution < 1.29 is 21.7 Å². The summed E-state index contributed by atoms with van der Waals surface area (Å²) < 4.78 is 36.3. The maximum atomic E-state index is 9.22. The van der Waals surface area contributed by atoms with Crippen LogP contribution in [0.2, 0.25) is 0 Å². The predicted molar refractivity (Wildman–Crippen MR) is 54.8 cm³/mol. The van der Waals surface area contributed by atoms with Gasteiger partial charge in [0.25, 0.3) is 0 Å². The van der Waals surface area contributed by atoms with Crippen molar-refractivity contribution >= 4 is 17.9 Å². The Bertz CT molecular complexity index is 307. The molecule has 0 N–H and O–H groups in total. The largest absolute Gasteiger partial charge is 0.726 e. The van der Waals surface area contributed by atoms with Gasteiger partial charge in [0.1, 0.15) is 0 Å². The molecular weight excluding hydrogens is 227 g/mol. The Balaban J connectivity index is 0.000000255. The van der Waals surface area contributed by atoms with E-state index in [1.54, 1.807) is 7.11 Å². The first-order valence-electron chi connectivity index (χ1n) is 3.63. The molecule has 0 saturated carbocycles. The molecule has 0 aromatic heterocycles. The van der Waals surface area contributed by atoms with E-state index < -0.39 is 17.9 Å². The molecule has 14 heavy (non-hydrogen) atoms. The zero-order valence-electron chi connectivity index (χ0n) is 8.21. The summed E-state index contributed by atoms with van der Waals surface area (Å²) in [6.07, 6.45) is 4.08. The molecule has 82 valence electrons. The molecule has 0 aliphatic carbocycles. The Labute approximate surface area is 84.8 Å². The van der Waals surface area contributed by atoms with Crippen molar-refractivity contribution in [1.29, 1.82) is 0 Å². The van der Waals surface area contributed by atoms with Gasteiger partial charge in [-0.1, -0.05) is 0 Å². The normalized spacial score (nSPS) is 17.7. The van der Waals surface area contributed by atoms with Gasteiger partial charge in [-0.25, -0.2) is 12.9 Å². The molecule has 0 spiro atoms. The third-order valence-corrected chi connectivity index (χ3v) is 4.20. The standard InChI is InChI=1S/C6H10OP.CH4O4S/c1-7-8(2)5-3-4-6-8;1-5-6(2,3)4/h3-6H,1-2H3;1H3,(H,2,3,4)/q+1;/p-1. The van der Waals surface area contributed by atoms with Crippen molar-refractivity contribution in [3.63, 3.8) is 0 Å². The van der Waals surface area contributed by atoms with E-state index in [2.05, 4.69) is 22.5 Å². The highest BCUT2D eigenvalue weighted by Crippen LogP contribution is 2.60. The molecule has 1 rings (SSSR count). The van der Waals surface area contributed by atoms with Gasteiger partial charge in [-0.2, -0.15) is 0 Å². The first kappa shape index (κ1) is 13.7. The molecule has 0 radical (unpaired) electrons. The molecule has 7 heteroatoms. The summed E-state index contributed by atoms with van der Waals surface area (Å²) in [5, 5.41) is 0. The Morgan fingerprint density at radius 3 is 1.71 bits per heavy atom. The van der Waals surface area contributed by atoms with E-state index in [0.717, 1.165) is 7.11 Å². The lowest BCUT2D eigenvalue weighted by atomic mass is 10.6. The summed E-state index contributed by atoms with van der Waals surface area (Å²) in [6.45, 7) is 2.13. The lowest BCUT2D eigenvalue weighted by Crippen LogP contribution is -1.97. The van der Waals surface area contributed by atoms with Crippen molar-refractivity contribution in [3.8, 4) is 0 Å². The first-order chi connectivity index (χ1) is 6.33. The average Bonchev–Trinajstić information content (AvgIpc) is 2.53. The van der Waals surface area contributed by atoms with Crippen LogP contribution in [0.4, 0.5) is 0 Å². The second kappa shape index (κ2) is 5.58. The van der Waals surface area contributed by atoms with Gasteiger partial charge in [0.15, 0.2) is 7.49 Å². The first-order valence-corrected chi connectivity index (χ1v) is 7.26. The van der Waals surface area contributed by atoms with Gasteiger partial charge in [0, 0.05) is 0 Å². The molecule has 0 amide bonds. The molecule has 0 fully saturated rings. The summed E-state index contributed by atoms with van der Waals surface area (Å²) in [7, 11) is -3.01. The zero-order valence-corrected chi connectivity index (χ0v) is 9.92. The highest BCUT2D eigenvalue weighted by atomic mass is 32.3. The van der Waals surface area contributed by atoms with E-state index in [1.807, 2.05) is 12.2 Å². The smallest absolute Gasteiger partial charge is 0.217 e.